The van der Waals surface area contributed by atoms with E-state index in [1.54, 1.807) is 12.3 Å². The van der Waals surface area contributed by atoms with E-state index in [0.717, 1.165) is 11.8 Å². The minimum atomic E-state index is -4.03. The second-order valence-electron chi connectivity index (χ2n) is 10.4. The summed E-state index contributed by atoms with van der Waals surface area (Å²) >= 11 is 6.30. The Morgan fingerprint density at radius 3 is 2.38 bits per heavy atom. The van der Waals surface area contributed by atoms with Gasteiger partial charge in [-0.05, 0) is 67.9 Å². The number of ether oxygens (including phenoxy) is 1. The summed E-state index contributed by atoms with van der Waals surface area (Å²) in [5.41, 5.74) is -0.914. The van der Waals surface area contributed by atoms with Crippen molar-refractivity contribution in [2.24, 2.45) is 11.8 Å². The molecule has 2 aliphatic carbocycles. The van der Waals surface area contributed by atoms with E-state index in [4.69, 9.17) is 16.3 Å². The lowest BCUT2D eigenvalue weighted by Crippen LogP contribution is -2.48. The third-order valence-corrected chi connectivity index (χ3v) is 10.4. The van der Waals surface area contributed by atoms with Crippen LogP contribution in [-0.2, 0) is 21.2 Å². The van der Waals surface area contributed by atoms with E-state index in [0.29, 0.717) is 25.0 Å². The van der Waals surface area contributed by atoms with E-state index in [9.17, 15) is 31.5 Å². The monoisotopic (exact) mass is 594 g/mol. The van der Waals surface area contributed by atoms with Gasteiger partial charge in [-0.2, -0.15) is 0 Å². The first-order valence-electron chi connectivity index (χ1n) is 12.7. The standard InChI is InChI=1S/C28H26ClF3N2O5S/c29-21-7-6-16(27(35)34-20-10-22(30)25(32)23(31)11-20)9-24(21)40(37,38)26-17-4-5-18(26)13-28(36,12-17)15-39-14-19-3-1-2-8-33-19/h1-3,6-11,17-18,26,36H,4-5,12-15H2,(H,34,35). The number of sulfone groups is 1. The number of hydrogen-bond donors (Lipinski definition) is 2. The Labute approximate surface area is 234 Å². The summed E-state index contributed by atoms with van der Waals surface area (Å²) in [7, 11) is -4.03. The Bertz CT molecular complexity index is 1500. The number of halogens is 4. The summed E-state index contributed by atoms with van der Waals surface area (Å²) in [5.74, 6) is -6.18. The third-order valence-electron chi connectivity index (χ3n) is 7.57. The van der Waals surface area contributed by atoms with Gasteiger partial charge in [-0.25, -0.2) is 21.6 Å². The van der Waals surface area contributed by atoms with Crippen LogP contribution in [0.15, 0.2) is 59.6 Å². The van der Waals surface area contributed by atoms with Gasteiger partial charge in [-0.1, -0.05) is 17.7 Å². The van der Waals surface area contributed by atoms with Gasteiger partial charge in [0.05, 0.1) is 39.7 Å². The topological polar surface area (TPSA) is 106 Å². The molecule has 5 rings (SSSR count). The quantitative estimate of drug-likeness (QED) is 0.342. The minimum Gasteiger partial charge on any atom is -0.387 e. The first-order valence-corrected chi connectivity index (χ1v) is 14.6. The van der Waals surface area contributed by atoms with Crippen LogP contribution in [0, 0.1) is 29.3 Å². The van der Waals surface area contributed by atoms with Crippen LogP contribution >= 0.6 is 11.6 Å². The Morgan fingerprint density at radius 1 is 1.07 bits per heavy atom. The van der Waals surface area contributed by atoms with Crippen molar-refractivity contribution in [2.45, 2.75) is 48.0 Å². The van der Waals surface area contributed by atoms with Gasteiger partial charge < -0.3 is 15.2 Å². The van der Waals surface area contributed by atoms with E-state index < -0.39 is 44.0 Å². The molecule has 2 aliphatic rings. The predicted molar refractivity (Wildman–Crippen MR) is 141 cm³/mol. The van der Waals surface area contributed by atoms with E-state index in [2.05, 4.69) is 10.3 Å². The van der Waals surface area contributed by atoms with E-state index in [-0.39, 0.29) is 59.1 Å². The van der Waals surface area contributed by atoms with Gasteiger partial charge in [0.25, 0.3) is 5.91 Å². The number of aromatic nitrogens is 1. The van der Waals surface area contributed by atoms with Crippen molar-refractivity contribution in [3.05, 3.63) is 88.5 Å². The van der Waals surface area contributed by atoms with Crippen LogP contribution in [0.4, 0.5) is 18.9 Å². The maximum absolute atomic E-state index is 13.9. The second-order valence-corrected chi connectivity index (χ2v) is 12.9. The molecule has 3 aromatic rings. The molecule has 2 aromatic carbocycles. The molecular weight excluding hydrogens is 569 g/mol. The van der Waals surface area contributed by atoms with Crippen molar-refractivity contribution < 1.29 is 36.2 Å². The highest BCUT2D eigenvalue weighted by Crippen LogP contribution is 2.51. The number of rotatable bonds is 8. The Hall–Kier alpha value is -2.99. The van der Waals surface area contributed by atoms with Crippen LogP contribution in [-0.4, -0.2) is 41.9 Å². The SMILES string of the molecule is O=C(Nc1cc(F)c(F)c(F)c1)c1ccc(Cl)c(S(=O)(=O)C2C3CCC2CC(O)(COCc2ccccn2)C3)c1. The summed E-state index contributed by atoms with van der Waals surface area (Å²) in [4.78, 5) is 16.7. The lowest BCUT2D eigenvalue weighted by molar-refractivity contribution is -0.0870. The number of benzene rings is 2. The summed E-state index contributed by atoms with van der Waals surface area (Å²) < 4.78 is 73.8. The number of nitrogens with one attached hydrogen (secondary N) is 1. The maximum atomic E-state index is 13.9. The van der Waals surface area contributed by atoms with Crippen LogP contribution in [0.1, 0.15) is 41.7 Å². The molecule has 2 N–H and O–H groups in total. The van der Waals surface area contributed by atoms with Crippen molar-refractivity contribution in [1.29, 1.82) is 0 Å². The fourth-order valence-electron chi connectivity index (χ4n) is 5.93. The number of carbonyl (C=O) groups excluding carboxylic acids is 1. The molecule has 2 bridgehead atoms. The van der Waals surface area contributed by atoms with Crippen LogP contribution < -0.4 is 5.32 Å². The van der Waals surface area contributed by atoms with E-state index >= 15 is 0 Å². The first kappa shape index (κ1) is 28.5. The average molecular weight is 595 g/mol. The summed E-state index contributed by atoms with van der Waals surface area (Å²) in [6, 6.07) is 10.3. The molecule has 7 nitrogen and oxygen atoms in total. The number of carbonyl (C=O) groups is 1. The fourth-order valence-corrected chi connectivity index (χ4v) is 8.77. The molecule has 2 fully saturated rings. The second kappa shape index (κ2) is 11.1. The molecule has 12 heteroatoms. The number of hydrogen-bond acceptors (Lipinski definition) is 6. The number of anilines is 1. The Balaban J connectivity index is 1.32. The zero-order valence-corrected chi connectivity index (χ0v) is 22.7. The van der Waals surface area contributed by atoms with Crippen molar-refractivity contribution in [2.75, 3.05) is 11.9 Å². The smallest absolute Gasteiger partial charge is 0.255 e. The van der Waals surface area contributed by atoms with Crippen LogP contribution in [0.3, 0.4) is 0 Å². The first-order chi connectivity index (χ1) is 19.0. The Morgan fingerprint density at radius 2 is 1.75 bits per heavy atom. The number of nitrogens with zero attached hydrogens (tertiary/aromatic N) is 1. The zero-order valence-electron chi connectivity index (χ0n) is 21.1. The molecule has 0 spiro atoms. The molecule has 212 valence electrons. The van der Waals surface area contributed by atoms with Gasteiger partial charge >= 0.3 is 0 Å². The summed E-state index contributed by atoms with van der Waals surface area (Å²) in [6.45, 7) is 0.270. The molecule has 0 radical (unpaired) electrons. The molecule has 2 atom stereocenters. The minimum absolute atomic E-state index is 0.0460. The number of amides is 1. The van der Waals surface area contributed by atoms with Gasteiger partial charge in [-0.3, -0.25) is 9.78 Å². The van der Waals surface area contributed by atoms with Crippen molar-refractivity contribution in [3.8, 4) is 0 Å². The highest BCUT2D eigenvalue weighted by Gasteiger charge is 2.54. The van der Waals surface area contributed by atoms with Gasteiger partial charge in [0.1, 0.15) is 0 Å². The molecular formula is C28H26ClF3N2O5S. The molecule has 2 unspecified atom stereocenters. The lowest BCUT2D eigenvalue weighted by Gasteiger charge is -2.40. The Kier molecular flexibility index (Phi) is 7.93. The van der Waals surface area contributed by atoms with Gasteiger partial charge in [0.2, 0.25) is 0 Å². The third kappa shape index (κ3) is 5.74. The lowest BCUT2D eigenvalue weighted by atomic mass is 9.77. The van der Waals surface area contributed by atoms with Gasteiger partial charge in [0.15, 0.2) is 27.3 Å². The summed E-state index contributed by atoms with van der Waals surface area (Å²) in [5, 5.41) is 12.6. The van der Waals surface area contributed by atoms with E-state index in [1.165, 1.54) is 12.1 Å². The molecule has 0 aliphatic heterocycles. The molecule has 2 saturated carbocycles. The van der Waals surface area contributed by atoms with Crippen molar-refractivity contribution in [1.82, 2.24) is 4.98 Å². The molecule has 40 heavy (non-hydrogen) atoms. The molecule has 1 aromatic heterocycles. The zero-order chi connectivity index (χ0) is 28.7. The van der Waals surface area contributed by atoms with Crippen LogP contribution in [0.2, 0.25) is 5.02 Å². The van der Waals surface area contributed by atoms with Gasteiger partial charge in [0, 0.05) is 29.6 Å². The molecule has 1 heterocycles. The number of fused-ring (bicyclic) bond motifs is 2. The fraction of sp³-hybridized carbons (Fsp3) is 0.357. The average Bonchev–Trinajstić information content (AvgIpc) is 3.21. The van der Waals surface area contributed by atoms with Crippen LogP contribution in [0.25, 0.3) is 0 Å². The van der Waals surface area contributed by atoms with Crippen LogP contribution in [0.5, 0.6) is 0 Å². The molecule has 1 amide bonds. The number of aliphatic hydroxyl groups is 1. The highest BCUT2D eigenvalue weighted by atomic mass is 35.5. The maximum Gasteiger partial charge on any atom is 0.255 e. The molecule has 0 saturated heterocycles. The normalized spacial score (nSPS) is 24.2. The summed E-state index contributed by atoms with van der Waals surface area (Å²) in [6.07, 6.45) is 3.33. The van der Waals surface area contributed by atoms with Crippen molar-refractivity contribution >= 4 is 33.0 Å². The van der Waals surface area contributed by atoms with E-state index in [1.807, 2.05) is 12.1 Å². The highest BCUT2D eigenvalue weighted by molar-refractivity contribution is 7.92. The predicted octanol–water partition coefficient (Wildman–Crippen LogP) is 5.31. The van der Waals surface area contributed by atoms with Gasteiger partial charge in [-0.15, -0.1) is 0 Å². The largest absolute Gasteiger partial charge is 0.387 e. The number of pyridine rings is 1. The van der Waals surface area contributed by atoms with Crippen molar-refractivity contribution in [3.63, 3.8) is 0 Å².